The number of hydrogen-bond acceptors (Lipinski definition) is 2. The quantitative estimate of drug-likeness (QED) is 0.640. The van der Waals surface area contributed by atoms with Crippen LogP contribution in [-0.4, -0.2) is 0 Å². The van der Waals surface area contributed by atoms with Gasteiger partial charge in [0.1, 0.15) is 0 Å². The first-order valence-electron chi connectivity index (χ1n) is 4.33. The van der Waals surface area contributed by atoms with E-state index in [0.717, 1.165) is 11.1 Å². The van der Waals surface area contributed by atoms with Crippen LogP contribution in [0.3, 0.4) is 0 Å². The molecule has 0 bridgehead atoms. The zero-order valence-corrected chi connectivity index (χ0v) is 8.07. The molecule has 0 unspecified atom stereocenters. The topological polar surface area (TPSA) is 49.8 Å². The molecule has 2 N–H and O–H groups in total. The fraction of sp³-hybridized carbons (Fsp3) is 0.0833. The number of benzene rings is 2. The van der Waals surface area contributed by atoms with Crippen molar-refractivity contribution in [2.24, 2.45) is 0 Å². The molecule has 0 heterocycles. The lowest BCUT2D eigenvalue weighted by Crippen LogP contribution is -1.84. The smallest absolute Gasteiger partial charge is 0.0587 e. The van der Waals surface area contributed by atoms with E-state index in [0.29, 0.717) is 0 Å². The van der Waals surface area contributed by atoms with Crippen LogP contribution in [-0.2, 0) is 0 Å². The second-order valence-electron chi connectivity index (χ2n) is 2.79. The summed E-state index contributed by atoms with van der Waals surface area (Å²) in [6.45, 7) is 1.43. The van der Waals surface area contributed by atoms with Gasteiger partial charge < -0.3 is 5.73 Å². The van der Waals surface area contributed by atoms with E-state index < -0.39 is 0 Å². The maximum absolute atomic E-state index is 7.32. The monoisotopic (exact) mass is 184 g/mol. The van der Waals surface area contributed by atoms with Gasteiger partial charge in [0.25, 0.3) is 0 Å². The van der Waals surface area contributed by atoms with Gasteiger partial charge in [-0.15, -0.1) is 0 Å². The number of fused-ring (bicyclic) bond motifs is 1. The van der Waals surface area contributed by atoms with E-state index >= 15 is 0 Å². The zero-order chi connectivity index (χ0) is 10.4. The van der Waals surface area contributed by atoms with Crippen LogP contribution in [0.4, 0.5) is 5.69 Å². The summed E-state index contributed by atoms with van der Waals surface area (Å²) < 4.78 is 0. The first-order valence-corrected chi connectivity index (χ1v) is 4.33. The Labute approximate surface area is 83.6 Å². The zero-order valence-electron chi connectivity index (χ0n) is 8.07. The molecule has 2 rings (SSSR count). The lowest BCUT2D eigenvalue weighted by molar-refractivity contribution is 1.49. The summed E-state index contributed by atoms with van der Waals surface area (Å²) in [6.07, 6.45) is 0. The Bertz CT molecular complexity index is 450. The predicted octanol–water partition coefficient (Wildman–Crippen LogP) is 2.95. The van der Waals surface area contributed by atoms with E-state index in [1.54, 1.807) is 6.07 Å². The van der Waals surface area contributed by atoms with E-state index in [-0.39, 0.29) is 0 Å². The van der Waals surface area contributed by atoms with E-state index in [9.17, 15) is 0 Å². The third-order valence-electron chi connectivity index (χ3n) is 1.82. The highest BCUT2D eigenvalue weighted by Gasteiger charge is 1.92. The number of nitriles is 1. The lowest BCUT2D eigenvalue weighted by atomic mass is 10.1. The number of anilines is 1. The molecular formula is C12H12N2. The van der Waals surface area contributed by atoms with Gasteiger partial charge in [0.2, 0.25) is 0 Å². The van der Waals surface area contributed by atoms with Crippen LogP contribution >= 0.6 is 0 Å². The second-order valence-corrected chi connectivity index (χ2v) is 2.79. The van der Waals surface area contributed by atoms with Crippen molar-refractivity contribution in [1.82, 2.24) is 0 Å². The number of nitrogen functional groups attached to an aromatic ring is 1. The van der Waals surface area contributed by atoms with Crippen molar-refractivity contribution in [3.8, 4) is 6.07 Å². The predicted molar refractivity (Wildman–Crippen MR) is 59.6 cm³/mol. The minimum absolute atomic E-state index is 0.850. The molecule has 0 aliphatic carbocycles. The molecule has 2 aromatic rings. The Hall–Kier alpha value is -2.01. The van der Waals surface area contributed by atoms with E-state index in [1.165, 1.54) is 12.3 Å². The molecule has 2 aromatic carbocycles. The molecule has 0 radical (unpaired) electrons. The van der Waals surface area contributed by atoms with E-state index in [2.05, 4.69) is 12.1 Å². The minimum atomic E-state index is 0.850. The fourth-order valence-electron chi connectivity index (χ4n) is 1.25. The summed E-state index contributed by atoms with van der Waals surface area (Å²) in [5.74, 6) is 0. The normalized spacial score (nSPS) is 8.57. The summed E-state index contributed by atoms with van der Waals surface area (Å²) in [6, 6.07) is 15.8. The molecule has 0 aliphatic heterocycles. The Balaban J connectivity index is 0.000000293. The molecule has 0 saturated carbocycles. The molecule has 2 heteroatoms. The van der Waals surface area contributed by atoms with Crippen molar-refractivity contribution in [1.29, 1.82) is 5.26 Å². The molecule has 0 spiro atoms. The van der Waals surface area contributed by atoms with Crippen LogP contribution in [0, 0.1) is 11.3 Å². The summed E-state index contributed by atoms with van der Waals surface area (Å²) in [7, 11) is 0. The van der Waals surface area contributed by atoms with Gasteiger partial charge in [-0.25, -0.2) is 0 Å². The molecule has 0 amide bonds. The highest BCUT2D eigenvalue weighted by Crippen LogP contribution is 2.19. The molecule has 2 nitrogen and oxygen atoms in total. The number of rotatable bonds is 0. The third kappa shape index (κ3) is 2.24. The van der Waals surface area contributed by atoms with Gasteiger partial charge in [-0.3, -0.25) is 0 Å². The van der Waals surface area contributed by atoms with Crippen LogP contribution in [0.2, 0.25) is 0 Å². The van der Waals surface area contributed by atoms with Gasteiger partial charge in [-0.05, 0) is 11.5 Å². The van der Waals surface area contributed by atoms with Crippen LogP contribution in [0.1, 0.15) is 6.92 Å². The van der Waals surface area contributed by atoms with Crippen molar-refractivity contribution in [2.45, 2.75) is 6.92 Å². The summed E-state index contributed by atoms with van der Waals surface area (Å²) in [5.41, 5.74) is 6.61. The number of nitrogens with zero attached hydrogens (tertiary/aromatic N) is 1. The maximum atomic E-state index is 7.32. The Morgan fingerprint density at radius 1 is 1.07 bits per heavy atom. The van der Waals surface area contributed by atoms with E-state index in [4.69, 9.17) is 11.0 Å². The molecule has 0 aliphatic rings. The van der Waals surface area contributed by atoms with Crippen LogP contribution < -0.4 is 5.73 Å². The van der Waals surface area contributed by atoms with Gasteiger partial charge in [0.05, 0.1) is 6.07 Å². The van der Waals surface area contributed by atoms with Gasteiger partial charge in [0.15, 0.2) is 0 Å². The number of nitrogens with two attached hydrogens (primary N) is 1. The highest BCUT2D eigenvalue weighted by atomic mass is 14.5. The maximum Gasteiger partial charge on any atom is 0.0587 e. The van der Waals surface area contributed by atoms with Crippen molar-refractivity contribution in [2.75, 3.05) is 5.73 Å². The largest absolute Gasteiger partial charge is 0.398 e. The molecular weight excluding hydrogens is 172 g/mol. The summed E-state index contributed by atoms with van der Waals surface area (Å²) in [4.78, 5) is 0. The lowest BCUT2D eigenvalue weighted by Gasteiger charge is -1.98. The van der Waals surface area contributed by atoms with Gasteiger partial charge >= 0.3 is 0 Å². The third-order valence-corrected chi connectivity index (χ3v) is 1.82. The Morgan fingerprint density at radius 3 is 2.29 bits per heavy atom. The van der Waals surface area contributed by atoms with Crippen LogP contribution in [0.5, 0.6) is 0 Å². The van der Waals surface area contributed by atoms with Crippen molar-refractivity contribution < 1.29 is 0 Å². The van der Waals surface area contributed by atoms with Gasteiger partial charge in [0, 0.05) is 18.0 Å². The first kappa shape index (κ1) is 10.1. The average molecular weight is 184 g/mol. The van der Waals surface area contributed by atoms with Crippen molar-refractivity contribution in [3.63, 3.8) is 0 Å². The Morgan fingerprint density at radius 2 is 1.64 bits per heavy atom. The number of hydrogen-bond donors (Lipinski definition) is 1. The van der Waals surface area contributed by atoms with Crippen LogP contribution in [0.25, 0.3) is 10.8 Å². The van der Waals surface area contributed by atoms with Crippen LogP contribution in [0.15, 0.2) is 42.5 Å². The highest BCUT2D eigenvalue weighted by molar-refractivity contribution is 5.92. The van der Waals surface area contributed by atoms with E-state index in [1.807, 2.05) is 30.3 Å². The summed E-state index contributed by atoms with van der Waals surface area (Å²) in [5, 5.41) is 9.66. The molecule has 0 fully saturated rings. The van der Waals surface area contributed by atoms with Gasteiger partial charge in [-0.2, -0.15) is 5.26 Å². The molecule has 70 valence electrons. The molecule has 0 atom stereocenters. The van der Waals surface area contributed by atoms with Crippen molar-refractivity contribution in [3.05, 3.63) is 42.5 Å². The molecule has 0 aromatic heterocycles. The SMILES string of the molecule is CC#N.Nc1cccc2ccccc12. The molecule has 14 heavy (non-hydrogen) atoms. The Kier molecular flexibility index (Phi) is 3.51. The fourth-order valence-corrected chi connectivity index (χ4v) is 1.25. The first-order chi connectivity index (χ1) is 6.79. The summed E-state index contributed by atoms with van der Waals surface area (Å²) >= 11 is 0. The van der Waals surface area contributed by atoms with Crippen molar-refractivity contribution >= 4 is 16.5 Å². The average Bonchev–Trinajstić information content (AvgIpc) is 2.20. The second kappa shape index (κ2) is 4.88. The standard InChI is InChI=1S/C10H9N.C2H3N/c11-10-7-3-5-8-4-1-2-6-9(8)10;1-2-3/h1-7H,11H2;1H3. The molecule has 0 saturated heterocycles. The minimum Gasteiger partial charge on any atom is -0.398 e. The van der Waals surface area contributed by atoms with Gasteiger partial charge in [-0.1, -0.05) is 36.4 Å².